The standard InChI is InChI=1S/C16H17BrN2O3/c1-10(11-4-6-18-7-5-11)19-16(20)12-8-13(21-2)15(17)14(9-12)22-3/h4-10H,1-3H3,(H,19,20). The molecule has 0 fully saturated rings. The van der Waals surface area contributed by atoms with Crippen molar-refractivity contribution in [3.05, 3.63) is 52.3 Å². The molecule has 2 rings (SSSR count). The van der Waals surface area contributed by atoms with Gasteiger partial charge in [-0.05, 0) is 52.7 Å². The van der Waals surface area contributed by atoms with Crippen LogP contribution < -0.4 is 14.8 Å². The van der Waals surface area contributed by atoms with Crippen molar-refractivity contribution in [2.24, 2.45) is 0 Å². The van der Waals surface area contributed by atoms with E-state index < -0.39 is 0 Å². The third-order valence-corrected chi connectivity index (χ3v) is 4.04. The molecule has 0 aliphatic rings. The third kappa shape index (κ3) is 3.57. The third-order valence-electron chi connectivity index (χ3n) is 3.26. The Balaban J connectivity index is 2.22. The molecule has 0 radical (unpaired) electrons. The molecule has 6 heteroatoms. The first kappa shape index (κ1) is 16.3. The molecule has 0 bridgehead atoms. The first-order valence-electron chi connectivity index (χ1n) is 6.69. The predicted octanol–water partition coefficient (Wildman–Crippen LogP) is 3.35. The molecule has 0 aliphatic carbocycles. The largest absolute Gasteiger partial charge is 0.495 e. The zero-order valence-electron chi connectivity index (χ0n) is 12.6. The lowest BCUT2D eigenvalue weighted by Crippen LogP contribution is -2.26. The van der Waals surface area contributed by atoms with E-state index in [0.29, 0.717) is 21.5 Å². The quantitative estimate of drug-likeness (QED) is 0.883. The Morgan fingerprint density at radius 1 is 1.18 bits per heavy atom. The molecule has 0 saturated heterocycles. The molecule has 1 unspecified atom stereocenters. The van der Waals surface area contributed by atoms with E-state index in [1.54, 1.807) is 38.7 Å². The van der Waals surface area contributed by atoms with Gasteiger partial charge in [-0.3, -0.25) is 9.78 Å². The van der Waals surface area contributed by atoms with Gasteiger partial charge in [0.1, 0.15) is 16.0 Å². The highest BCUT2D eigenvalue weighted by Crippen LogP contribution is 2.35. The molecule has 1 amide bonds. The van der Waals surface area contributed by atoms with E-state index in [4.69, 9.17) is 9.47 Å². The zero-order chi connectivity index (χ0) is 16.1. The molecule has 0 aliphatic heterocycles. The molecular formula is C16H17BrN2O3. The minimum absolute atomic E-state index is 0.129. The minimum atomic E-state index is -0.201. The van der Waals surface area contributed by atoms with E-state index in [0.717, 1.165) is 5.56 Å². The molecule has 1 aromatic heterocycles. The van der Waals surface area contributed by atoms with Gasteiger partial charge in [0.05, 0.1) is 20.3 Å². The van der Waals surface area contributed by atoms with Gasteiger partial charge in [0.2, 0.25) is 0 Å². The average molecular weight is 365 g/mol. The Kier molecular flexibility index (Phi) is 5.38. The van der Waals surface area contributed by atoms with Crippen molar-refractivity contribution >= 4 is 21.8 Å². The Hall–Kier alpha value is -2.08. The normalized spacial score (nSPS) is 11.6. The molecule has 0 saturated carbocycles. The fourth-order valence-electron chi connectivity index (χ4n) is 2.02. The van der Waals surface area contributed by atoms with Crippen molar-refractivity contribution in [1.29, 1.82) is 0 Å². The molecule has 1 N–H and O–H groups in total. The Morgan fingerprint density at radius 3 is 2.23 bits per heavy atom. The maximum atomic E-state index is 12.4. The summed E-state index contributed by atoms with van der Waals surface area (Å²) in [4.78, 5) is 16.4. The average Bonchev–Trinajstić information content (AvgIpc) is 2.55. The summed E-state index contributed by atoms with van der Waals surface area (Å²) in [6.45, 7) is 1.92. The van der Waals surface area contributed by atoms with E-state index in [2.05, 4.69) is 26.2 Å². The lowest BCUT2D eigenvalue weighted by molar-refractivity contribution is 0.0939. The van der Waals surface area contributed by atoms with Crippen LogP contribution in [0.5, 0.6) is 11.5 Å². The van der Waals surface area contributed by atoms with E-state index in [9.17, 15) is 4.79 Å². The van der Waals surface area contributed by atoms with Crippen molar-refractivity contribution in [2.45, 2.75) is 13.0 Å². The number of rotatable bonds is 5. The molecule has 2 aromatic rings. The zero-order valence-corrected chi connectivity index (χ0v) is 14.2. The van der Waals surface area contributed by atoms with E-state index in [1.807, 2.05) is 19.1 Å². The fraction of sp³-hybridized carbons (Fsp3) is 0.250. The Bertz CT molecular complexity index is 637. The molecule has 5 nitrogen and oxygen atoms in total. The summed E-state index contributed by atoms with van der Waals surface area (Å²) in [6.07, 6.45) is 3.40. The summed E-state index contributed by atoms with van der Waals surface area (Å²) in [7, 11) is 3.08. The number of nitrogens with zero attached hydrogens (tertiary/aromatic N) is 1. The van der Waals surface area contributed by atoms with Crippen LogP contribution in [0.2, 0.25) is 0 Å². The van der Waals surface area contributed by atoms with Gasteiger partial charge in [0.25, 0.3) is 5.91 Å². The number of hydrogen-bond donors (Lipinski definition) is 1. The van der Waals surface area contributed by atoms with Crippen molar-refractivity contribution in [3.8, 4) is 11.5 Å². The Morgan fingerprint density at radius 2 is 1.73 bits per heavy atom. The number of carbonyl (C=O) groups is 1. The van der Waals surface area contributed by atoms with Crippen molar-refractivity contribution in [2.75, 3.05) is 14.2 Å². The highest BCUT2D eigenvalue weighted by atomic mass is 79.9. The first-order valence-corrected chi connectivity index (χ1v) is 7.48. The summed E-state index contributed by atoms with van der Waals surface area (Å²) in [6, 6.07) is 6.94. The number of ether oxygens (including phenoxy) is 2. The van der Waals surface area contributed by atoms with Gasteiger partial charge in [0, 0.05) is 18.0 Å². The van der Waals surface area contributed by atoms with Crippen LogP contribution in [0.25, 0.3) is 0 Å². The second kappa shape index (κ2) is 7.26. The Labute approximate surface area is 137 Å². The van der Waals surface area contributed by atoms with Crippen molar-refractivity contribution < 1.29 is 14.3 Å². The number of hydrogen-bond acceptors (Lipinski definition) is 4. The van der Waals surface area contributed by atoms with Crippen LogP contribution >= 0.6 is 15.9 Å². The topological polar surface area (TPSA) is 60.5 Å². The molecule has 116 valence electrons. The van der Waals surface area contributed by atoms with Crippen molar-refractivity contribution in [1.82, 2.24) is 10.3 Å². The number of carbonyl (C=O) groups excluding carboxylic acids is 1. The van der Waals surface area contributed by atoms with Crippen LogP contribution in [0, 0.1) is 0 Å². The molecule has 1 heterocycles. The number of pyridine rings is 1. The number of aromatic nitrogens is 1. The second-order valence-corrected chi connectivity index (χ2v) is 5.46. The molecular weight excluding hydrogens is 348 g/mol. The first-order chi connectivity index (χ1) is 10.6. The second-order valence-electron chi connectivity index (χ2n) is 4.67. The van der Waals surface area contributed by atoms with Gasteiger partial charge in [-0.1, -0.05) is 0 Å². The summed E-state index contributed by atoms with van der Waals surface area (Å²) in [5, 5.41) is 2.94. The highest BCUT2D eigenvalue weighted by Gasteiger charge is 2.16. The van der Waals surface area contributed by atoms with E-state index >= 15 is 0 Å². The van der Waals surface area contributed by atoms with Gasteiger partial charge in [-0.25, -0.2) is 0 Å². The predicted molar refractivity (Wildman–Crippen MR) is 87.4 cm³/mol. The lowest BCUT2D eigenvalue weighted by Gasteiger charge is -2.16. The maximum absolute atomic E-state index is 12.4. The summed E-state index contributed by atoms with van der Waals surface area (Å²) < 4.78 is 11.2. The number of amides is 1. The smallest absolute Gasteiger partial charge is 0.252 e. The highest BCUT2D eigenvalue weighted by molar-refractivity contribution is 9.10. The summed E-state index contributed by atoms with van der Waals surface area (Å²) in [5.74, 6) is 0.885. The molecule has 1 aromatic carbocycles. The monoisotopic (exact) mass is 364 g/mol. The number of nitrogens with one attached hydrogen (secondary N) is 1. The van der Waals surface area contributed by atoms with Gasteiger partial charge in [0.15, 0.2) is 0 Å². The van der Waals surface area contributed by atoms with Gasteiger partial charge < -0.3 is 14.8 Å². The minimum Gasteiger partial charge on any atom is -0.495 e. The number of halogens is 1. The summed E-state index contributed by atoms with van der Waals surface area (Å²) in [5.41, 5.74) is 1.46. The summed E-state index contributed by atoms with van der Waals surface area (Å²) >= 11 is 3.38. The van der Waals surface area contributed by atoms with Gasteiger partial charge in [-0.15, -0.1) is 0 Å². The van der Waals surface area contributed by atoms with E-state index in [1.165, 1.54) is 0 Å². The number of methoxy groups -OCH3 is 2. The van der Waals surface area contributed by atoms with Crippen LogP contribution in [0.1, 0.15) is 28.9 Å². The fourth-order valence-corrected chi connectivity index (χ4v) is 2.57. The molecule has 1 atom stereocenters. The molecule has 0 spiro atoms. The molecule has 22 heavy (non-hydrogen) atoms. The lowest BCUT2D eigenvalue weighted by atomic mass is 10.1. The van der Waals surface area contributed by atoms with Crippen LogP contribution in [0.4, 0.5) is 0 Å². The SMILES string of the molecule is COc1cc(C(=O)NC(C)c2ccncc2)cc(OC)c1Br. The van der Waals surface area contributed by atoms with Crippen LogP contribution in [0.15, 0.2) is 41.1 Å². The number of benzene rings is 1. The van der Waals surface area contributed by atoms with Gasteiger partial charge in [-0.2, -0.15) is 0 Å². The maximum Gasteiger partial charge on any atom is 0.252 e. The van der Waals surface area contributed by atoms with Crippen molar-refractivity contribution in [3.63, 3.8) is 0 Å². The van der Waals surface area contributed by atoms with Crippen LogP contribution in [0.3, 0.4) is 0 Å². The van der Waals surface area contributed by atoms with Gasteiger partial charge >= 0.3 is 0 Å². The van der Waals surface area contributed by atoms with E-state index in [-0.39, 0.29) is 11.9 Å². The van der Waals surface area contributed by atoms with Crippen LogP contribution in [-0.4, -0.2) is 25.1 Å². The van der Waals surface area contributed by atoms with Crippen LogP contribution in [-0.2, 0) is 0 Å².